The van der Waals surface area contributed by atoms with Crippen molar-refractivity contribution in [2.75, 3.05) is 15.4 Å². The van der Waals surface area contributed by atoms with Crippen LogP contribution in [-0.4, -0.2) is 25.8 Å². The second-order valence-electron chi connectivity index (χ2n) is 6.50. The first-order valence-electron chi connectivity index (χ1n) is 8.14. The topological polar surface area (TPSA) is 134 Å². The van der Waals surface area contributed by atoms with Crippen LogP contribution in [0.15, 0.2) is 40.9 Å². The van der Waals surface area contributed by atoms with Crippen LogP contribution in [0.3, 0.4) is 0 Å². The molecule has 2 aromatic rings. The van der Waals surface area contributed by atoms with Crippen LogP contribution in [0.4, 0.5) is 17.1 Å². The largest absolute Gasteiger partial charge is 0.370 e. The molecule has 2 aromatic carbocycles. The number of hydrogen-bond acceptors (Lipinski definition) is 6. The van der Waals surface area contributed by atoms with E-state index in [0.29, 0.717) is 11.4 Å². The van der Waals surface area contributed by atoms with E-state index in [4.69, 9.17) is 17.3 Å². The van der Waals surface area contributed by atoms with E-state index in [1.54, 1.807) is 18.2 Å². The Balaban J connectivity index is 1.96. The number of carbonyl (C=O) groups excluding carboxylic acids is 1. The lowest BCUT2D eigenvalue weighted by Crippen LogP contribution is -2.35. The van der Waals surface area contributed by atoms with E-state index >= 15 is 0 Å². The maximum absolute atomic E-state index is 12.7. The predicted octanol–water partition coefficient (Wildman–Crippen LogP) is 2.75. The molecule has 11 heteroatoms. The number of aliphatic hydroxyl groups is 1. The minimum Gasteiger partial charge on any atom is -0.370 e. The summed E-state index contributed by atoms with van der Waals surface area (Å²) in [4.78, 5) is 11.5. The molecule has 0 saturated heterocycles. The van der Waals surface area contributed by atoms with Crippen LogP contribution in [0.1, 0.15) is 18.9 Å². The zero-order valence-electron chi connectivity index (χ0n) is 14.7. The van der Waals surface area contributed by atoms with Gasteiger partial charge in [-0.2, -0.15) is 0 Å². The van der Waals surface area contributed by atoms with Crippen LogP contribution in [0, 0.1) is 0 Å². The van der Waals surface area contributed by atoms with Gasteiger partial charge >= 0.3 is 0 Å². The number of anilines is 3. The van der Waals surface area contributed by atoms with Gasteiger partial charge in [0.1, 0.15) is 4.75 Å². The van der Waals surface area contributed by atoms with Gasteiger partial charge in [-0.15, -0.1) is 0 Å². The van der Waals surface area contributed by atoms with Gasteiger partial charge in [0.2, 0.25) is 22.3 Å². The number of aliphatic hydroxyl groups excluding tert-OH is 1. The molecule has 0 fully saturated rings. The summed E-state index contributed by atoms with van der Waals surface area (Å²) in [6.45, 7) is 1.39. The Morgan fingerprint density at radius 1 is 1.29 bits per heavy atom. The van der Waals surface area contributed by atoms with E-state index in [1.165, 1.54) is 19.1 Å². The average Bonchev–Trinajstić information content (AvgIpc) is 2.79. The highest BCUT2D eigenvalue weighted by Crippen LogP contribution is 2.51. The third-order valence-corrected chi connectivity index (χ3v) is 7.50. The van der Waals surface area contributed by atoms with Crippen molar-refractivity contribution in [3.05, 3.63) is 51.5 Å². The van der Waals surface area contributed by atoms with E-state index in [0.717, 1.165) is 4.47 Å². The molecule has 0 spiro atoms. The molecule has 0 aromatic heterocycles. The fourth-order valence-electron chi connectivity index (χ4n) is 3.13. The average molecular weight is 490 g/mol. The van der Waals surface area contributed by atoms with Crippen molar-refractivity contribution in [3.63, 3.8) is 0 Å². The van der Waals surface area contributed by atoms with Crippen molar-refractivity contribution < 1.29 is 18.3 Å². The Bertz CT molecular complexity index is 1050. The summed E-state index contributed by atoms with van der Waals surface area (Å²) in [5.74, 6) is -0.772. The molecule has 28 heavy (non-hydrogen) atoms. The summed E-state index contributed by atoms with van der Waals surface area (Å²) in [6.07, 6.45) is -1.67. The van der Waals surface area contributed by atoms with Crippen LogP contribution in [-0.2, 0) is 19.6 Å². The summed E-state index contributed by atoms with van der Waals surface area (Å²) in [5.41, 5.74) is 6.59. The van der Waals surface area contributed by atoms with Crippen molar-refractivity contribution in [1.82, 2.24) is 0 Å². The van der Waals surface area contributed by atoms with Crippen molar-refractivity contribution >= 4 is 60.5 Å². The third-order valence-electron chi connectivity index (χ3n) is 4.48. The SMILES string of the molecule is CC1(CC(N)=O)c2c(Cl)ccc(NC(O)Nc3ccccc3Br)c2NS1(=O)=O. The number of fused-ring (bicyclic) bond motifs is 1. The molecule has 2 atom stereocenters. The van der Waals surface area contributed by atoms with Crippen LogP contribution in [0.2, 0.25) is 5.02 Å². The van der Waals surface area contributed by atoms with E-state index in [-0.39, 0.29) is 16.3 Å². The highest BCUT2D eigenvalue weighted by atomic mass is 79.9. The lowest BCUT2D eigenvalue weighted by molar-refractivity contribution is -0.118. The van der Waals surface area contributed by atoms with Crippen LogP contribution >= 0.6 is 27.5 Å². The molecule has 1 aliphatic heterocycles. The molecular weight excluding hydrogens is 472 g/mol. The smallest absolute Gasteiger partial charge is 0.243 e. The number of amides is 1. The fourth-order valence-corrected chi connectivity index (χ4v) is 5.47. The van der Waals surface area contributed by atoms with Crippen molar-refractivity contribution in [3.8, 4) is 0 Å². The van der Waals surface area contributed by atoms with Crippen LogP contribution in [0.5, 0.6) is 0 Å². The van der Waals surface area contributed by atoms with Gasteiger partial charge in [0, 0.05) is 15.1 Å². The number of rotatable bonds is 6. The van der Waals surface area contributed by atoms with E-state index < -0.39 is 33.5 Å². The van der Waals surface area contributed by atoms with E-state index in [2.05, 4.69) is 31.3 Å². The number of primary amides is 1. The first-order chi connectivity index (χ1) is 13.0. The second kappa shape index (κ2) is 7.43. The Morgan fingerprint density at radius 3 is 2.57 bits per heavy atom. The minimum absolute atomic E-state index is 0.171. The Labute approximate surface area is 175 Å². The predicted molar refractivity (Wildman–Crippen MR) is 113 cm³/mol. The molecule has 6 N–H and O–H groups in total. The molecule has 150 valence electrons. The summed E-state index contributed by atoms with van der Waals surface area (Å²) < 4.78 is 27.0. The molecule has 1 heterocycles. The van der Waals surface area contributed by atoms with Gasteiger partial charge in [-0.1, -0.05) is 23.7 Å². The highest BCUT2D eigenvalue weighted by Gasteiger charge is 2.51. The van der Waals surface area contributed by atoms with E-state index in [1.807, 2.05) is 6.07 Å². The normalized spacial score (nSPS) is 20.7. The maximum atomic E-state index is 12.7. The number of benzene rings is 2. The second-order valence-corrected chi connectivity index (χ2v) is 9.87. The Hall–Kier alpha value is -2.01. The van der Waals surface area contributed by atoms with Gasteiger partial charge in [-0.05, 0) is 47.1 Å². The zero-order valence-corrected chi connectivity index (χ0v) is 17.8. The summed E-state index contributed by atoms with van der Waals surface area (Å²) >= 11 is 9.62. The Kier molecular flexibility index (Phi) is 5.50. The molecule has 0 radical (unpaired) electrons. The molecule has 8 nitrogen and oxygen atoms in total. The third kappa shape index (κ3) is 3.64. The number of halogens is 2. The molecule has 3 rings (SSSR count). The maximum Gasteiger partial charge on any atom is 0.243 e. The number of hydrogen-bond donors (Lipinski definition) is 5. The molecule has 2 unspecified atom stereocenters. The molecular formula is C17H18BrClN4O4S. The van der Waals surface area contributed by atoms with Gasteiger partial charge in [-0.25, -0.2) is 8.42 Å². The number of nitrogens with one attached hydrogen (secondary N) is 3. The van der Waals surface area contributed by atoms with Gasteiger partial charge in [0.15, 0.2) is 0 Å². The molecule has 0 aliphatic carbocycles. The van der Waals surface area contributed by atoms with Gasteiger partial charge in [0.25, 0.3) is 0 Å². The Morgan fingerprint density at radius 2 is 1.93 bits per heavy atom. The number of carbonyl (C=O) groups is 1. The highest BCUT2D eigenvalue weighted by molar-refractivity contribution is 9.10. The van der Waals surface area contributed by atoms with Gasteiger partial charge in [-0.3, -0.25) is 9.52 Å². The van der Waals surface area contributed by atoms with E-state index in [9.17, 15) is 18.3 Å². The zero-order chi connectivity index (χ0) is 20.7. The lowest BCUT2D eigenvalue weighted by Gasteiger charge is -2.23. The van der Waals surface area contributed by atoms with Crippen LogP contribution < -0.4 is 21.1 Å². The standard InChI is InChI=1S/C17H18BrClN4O4S/c1-17(8-13(20)24)14-10(19)6-7-12(15(14)23-28(17,26)27)22-16(25)21-11-5-3-2-4-9(11)18/h2-7,16,21-23,25H,8H2,1H3,(H2,20,24). The minimum atomic E-state index is -3.97. The molecule has 1 aliphatic rings. The molecule has 0 saturated carbocycles. The number of sulfonamides is 1. The first kappa shape index (κ1) is 20.7. The summed E-state index contributed by atoms with van der Waals surface area (Å²) in [5, 5.41) is 16.2. The number of para-hydroxylation sites is 1. The quantitative estimate of drug-likeness (QED) is 0.396. The summed E-state index contributed by atoms with van der Waals surface area (Å²) in [6, 6.07) is 10.2. The van der Waals surface area contributed by atoms with Gasteiger partial charge in [0.05, 0.1) is 23.5 Å². The lowest BCUT2D eigenvalue weighted by atomic mass is 9.94. The molecule has 0 bridgehead atoms. The molecule has 1 amide bonds. The number of nitrogens with two attached hydrogens (primary N) is 1. The van der Waals surface area contributed by atoms with Crippen LogP contribution in [0.25, 0.3) is 0 Å². The van der Waals surface area contributed by atoms with Crippen molar-refractivity contribution in [1.29, 1.82) is 0 Å². The van der Waals surface area contributed by atoms with Crippen molar-refractivity contribution in [2.45, 2.75) is 24.4 Å². The summed E-state index contributed by atoms with van der Waals surface area (Å²) in [7, 11) is -3.97. The first-order valence-corrected chi connectivity index (χ1v) is 10.8. The van der Waals surface area contributed by atoms with Crippen molar-refractivity contribution in [2.24, 2.45) is 5.73 Å². The monoisotopic (exact) mass is 488 g/mol. The fraction of sp³-hybridized carbons (Fsp3) is 0.235. The van der Waals surface area contributed by atoms with Gasteiger partial charge < -0.3 is 21.5 Å².